The van der Waals surface area contributed by atoms with Crippen LogP contribution < -0.4 is 9.47 Å². The van der Waals surface area contributed by atoms with E-state index in [-0.39, 0.29) is 17.1 Å². The Morgan fingerprint density at radius 1 is 1.12 bits per heavy atom. The molecule has 1 aromatic heterocycles. The Morgan fingerprint density at radius 2 is 1.76 bits per heavy atom. The fourth-order valence-corrected chi connectivity index (χ4v) is 4.65. The molecule has 7 nitrogen and oxygen atoms in total. The van der Waals surface area contributed by atoms with Crippen LogP contribution in [0.4, 0.5) is 4.39 Å². The summed E-state index contributed by atoms with van der Waals surface area (Å²) in [6, 6.07) is 8.96. The molecule has 0 atom stereocenters. The van der Waals surface area contributed by atoms with Crippen LogP contribution in [-0.2, 0) is 6.54 Å². The molecule has 176 valence electrons. The topological polar surface area (TPSA) is 76.8 Å². The number of likely N-dealkylation sites (tertiary alicyclic amines) is 1. The van der Waals surface area contributed by atoms with Crippen molar-refractivity contribution in [2.75, 3.05) is 26.3 Å². The van der Waals surface area contributed by atoms with Gasteiger partial charge >= 0.3 is 5.97 Å². The number of ether oxygens (including phenoxy) is 2. The number of aromatic carboxylic acids is 1. The first-order chi connectivity index (χ1) is 15.9. The highest BCUT2D eigenvalue weighted by atomic mass is 19.1. The van der Waals surface area contributed by atoms with Crippen molar-refractivity contribution in [2.24, 2.45) is 0 Å². The van der Waals surface area contributed by atoms with E-state index in [1.165, 1.54) is 0 Å². The Hall–Kier alpha value is -3.13. The molecule has 1 saturated heterocycles. The van der Waals surface area contributed by atoms with E-state index < -0.39 is 11.8 Å². The quantitative estimate of drug-likeness (QED) is 0.525. The molecule has 33 heavy (non-hydrogen) atoms. The second-order valence-electron chi connectivity index (χ2n) is 8.32. The molecule has 1 aliphatic rings. The molecule has 4 rings (SSSR count). The summed E-state index contributed by atoms with van der Waals surface area (Å²) in [6.07, 6.45) is 1.90. The number of piperidine rings is 1. The van der Waals surface area contributed by atoms with E-state index in [1.54, 1.807) is 24.3 Å². The third kappa shape index (κ3) is 4.80. The zero-order chi connectivity index (χ0) is 23.5. The van der Waals surface area contributed by atoms with Crippen molar-refractivity contribution in [2.45, 2.75) is 46.2 Å². The van der Waals surface area contributed by atoms with Crippen molar-refractivity contribution in [1.82, 2.24) is 14.5 Å². The lowest BCUT2D eigenvalue weighted by Gasteiger charge is -2.33. The first-order valence-corrected chi connectivity index (χ1v) is 11.4. The van der Waals surface area contributed by atoms with Crippen LogP contribution in [0.2, 0.25) is 0 Å². The monoisotopic (exact) mass is 455 g/mol. The zero-order valence-corrected chi connectivity index (χ0v) is 19.3. The van der Waals surface area contributed by atoms with Gasteiger partial charge in [0.2, 0.25) is 5.82 Å². The van der Waals surface area contributed by atoms with Crippen molar-refractivity contribution in [3.63, 3.8) is 0 Å². The van der Waals surface area contributed by atoms with E-state index in [0.29, 0.717) is 31.3 Å². The molecule has 1 aliphatic heterocycles. The minimum atomic E-state index is -0.946. The summed E-state index contributed by atoms with van der Waals surface area (Å²) in [5, 5.41) is 9.25. The fourth-order valence-electron chi connectivity index (χ4n) is 4.65. The number of carboxylic acids is 1. The lowest BCUT2D eigenvalue weighted by Crippen LogP contribution is -2.34. The average Bonchev–Trinajstić information content (AvgIpc) is 3.12. The number of aromatic nitrogens is 2. The number of benzene rings is 2. The van der Waals surface area contributed by atoms with Gasteiger partial charge in [0.25, 0.3) is 0 Å². The lowest BCUT2D eigenvalue weighted by molar-refractivity contribution is 0.0697. The SMILES string of the molecule is CCOc1cc(CN2CCC(n3c(C)nc4cc(C(=O)O)ccc43)CC2)cc(OCC)c1F. The third-order valence-electron chi connectivity index (χ3n) is 6.11. The summed E-state index contributed by atoms with van der Waals surface area (Å²) in [4.78, 5) is 18.2. The maximum Gasteiger partial charge on any atom is 0.335 e. The van der Waals surface area contributed by atoms with E-state index in [9.17, 15) is 14.3 Å². The minimum absolute atomic E-state index is 0.231. The predicted molar refractivity (Wildman–Crippen MR) is 124 cm³/mol. The molecule has 0 amide bonds. The van der Waals surface area contributed by atoms with E-state index in [1.807, 2.05) is 26.8 Å². The van der Waals surface area contributed by atoms with E-state index in [4.69, 9.17) is 9.47 Å². The maximum absolute atomic E-state index is 14.5. The Morgan fingerprint density at radius 3 is 2.33 bits per heavy atom. The van der Waals surface area contributed by atoms with Crippen molar-refractivity contribution in [3.05, 3.63) is 53.1 Å². The second kappa shape index (κ2) is 9.79. The molecular weight excluding hydrogens is 425 g/mol. The molecule has 0 aliphatic carbocycles. The number of aryl methyl sites for hydroxylation is 1. The molecular formula is C25H30FN3O4. The molecule has 0 saturated carbocycles. The molecule has 2 heterocycles. The van der Waals surface area contributed by atoms with Gasteiger partial charge in [0, 0.05) is 25.7 Å². The van der Waals surface area contributed by atoms with Crippen LogP contribution in [0.3, 0.4) is 0 Å². The maximum atomic E-state index is 14.5. The van der Waals surface area contributed by atoms with Gasteiger partial charge in [-0.2, -0.15) is 4.39 Å². The van der Waals surface area contributed by atoms with Crippen molar-refractivity contribution in [1.29, 1.82) is 0 Å². The molecule has 0 spiro atoms. The molecule has 0 unspecified atom stereocenters. The summed E-state index contributed by atoms with van der Waals surface area (Å²) >= 11 is 0. The van der Waals surface area contributed by atoms with Crippen LogP contribution in [0.25, 0.3) is 11.0 Å². The second-order valence-corrected chi connectivity index (χ2v) is 8.32. The highest BCUT2D eigenvalue weighted by Gasteiger charge is 2.24. The van der Waals surface area contributed by atoms with Gasteiger partial charge in [-0.1, -0.05) is 0 Å². The van der Waals surface area contributed by atoms with Crippen LogP contribution in [0.1, 0.15) is 54.5 Å². The summed E-state index contributed by atoms with van der Waals surface area (Å²) in [6.45, 7) is 8.90. The third-order valence-corrected chi connectivity index (χ3v) is 6.11. The smallest absolute Gasteiger partial charge is 0.335 e. The van der Waals surface area contributed by atoms with Gasteiger partial charge in [-0.05, 0) is 69.5 Å². The summed E-state index contributed by atoms with van der Waals surface area (Å²) in [5.41, 5.74) is 2.90. The van der Waals surface area contributed by atoms with Crippen molar-refractivity contribution in [3.8, 4) is 11.5 Å². The van der Waals surface area contributed by atoms with Gasteiger partial charge in [0.05, 0.1) is 29.8 Å². The zero-order valence-electron chi connectivity index (χ0n) is 19.3. The number of hydrogen-bond acceptors (Lipinski definition) is 5. The average molecular weight is 456 g/mol. The Bertz CT molecular complexity index is 1120. The van der Waals surface area contributed by atoms with Crippen LogP contribution in [0, 0.1) is 12.7 Å². The van der Waals surface area contributed by atoms with E-state index >= 15 is 0 Å². The molecule has 1 fully saturated rings. The number of rotatable bonds is 8. The number of imidazole rings is 1. The van der Waals surface area contributed by atoms with Gasteiger partial charge in [0.1, 0.15) is 5.82 Å². The first-order valence-electron chi connectivity index (χ1n) is 11.4. The molecule has 2 aromatic carbocycles. The molecule has 0 bridgehead atoms. The van der Waals surface area contributed by atoms with Crippen LogP contribution in [-0.4, -0.2) is 51.8 Å². The number of carboxylic acid groups (broad SMARTS) is 1. The van der Waals surface area contributed by atoms with Crippen molar-refractivity contribution >= 4 is 17.0 Å². The number of halogens is 1. The lowest BCUT2D eigenvalue weighted by atomic mass is 10.0. The van der Waals surface area contributed by atoms with Crippen LogP contribution in [0.15, 0.2) is 30.3 Å². The van der Waals surface area contributed by atoms with Gasteiger partial charge in [-0.15, -0.1) is 0 Å². The number of fused-ring (bicyclic) bond motifs is 1. The van der Waals surface area contributed by atoms with Gasteiger partial charge < -0.3 is 19.1 Å². The number of nitrogens with zero attached hydrogens (tertiary/aromatic N) is 3. The number of hydrogen-bond donors (Lipinski definition) is 1. The van der Waals surface area contributed by atoms with E-state index in [0.717, 1.165) is 42.8 Å². The Kier molecular flexibility index (Phi) is 6.83. The highest BCUT2D eigenvalue weighted by Crippen LogP contribution is 2.32. The largest absolute Gasteiger partial charge is 0.491 e. The molecule has 0 radical (unpaired) electrons. The minimum Gasteiger partial charge on any atom is -0.491 e. The van der Waals surface area contributed by atoms with Gasteiger partial charge in [-0.25, -0.2) is 9.78 Å². The fraction of sp³-hybridized carbons (Fsp3) is 0.440. The van der Waals surface area contributed by atoms with Crippen LogP contribution >= 0.6 is 0 Å². The standard InChI is InChI=1S/C25H30FN3O4/c1-4-32-22-12-17(13-23(24(22)26)33-5-2)15-28-10-8-19(9-11-28)29-16(3)27-20-14-18(25(30)31)6-7-21(20)29/h6-7,12-14,19H,4-5,8-11,15H2,1-3H3,(H,30,31). The Balaban J connectivity index is 1.48. The Labute approximate surface area is 192 Å². The highest BCUT2D eigenvalue weighted by molar-refractivity contribution is 5.92. The predicted octanol–water partition coefficient (Wildman–Crippen LogP) is 4.82. The van der Waals surface area contributed by atoms with E-state index in [2.05, 4.69) is 14.5 Å². The number of carbonyl (C=O) groups is 1. The summed E-state index contributed by atoms with van der Waals surface area (Å²) in [5.74, 6) is -0.0377. The van der Waals surface area contributed by atoms with Gasteiger partial charge in [-0.3, -0.25) is 4.90 Å². The van der Waals surface area contributed by atoms with Crippen molar-refractivity contribution < 1.29 is 23.8 Å². The summed E-state index contributed by atoms with van der Waals surface area (Å²) in [7, 11) is 0. The van der Waals surface area contributed by atoms with Crippen LogP contribution in [0.5, 0.6) is 11.5 Å². The molecule has 8 heteroatoms. The first kappa shape index (κ1) is 23.0. The molecule has 1 N–H and O–H groups in total. The normalized spacial score (nSPS) is 15.2. The molecule has 3 aromatic rings. The summed E-state index contributed by atoms with van der Waals surface area (Å²) < 4.78 is 27.7. The van der Waals surface area contributed by atoms with Gasteiger partial charge in [0.15, 0.2) is 11.5 Å².